The summed E-state index contributed by atoms with van der Waals surface area (Å²) in [7, 11) is 1.82. The lowest BCUT2D eigenvalue weighted by molar-refractivity contribution is -0.224. The molecule has 1 aromatic rings. The number of anilines is 1. The van der Waals surface area contributed by atoms with E-state index in [-0.39, 0.29) is 17.8 Å². The number of rotatable bonds is 1. The van der Waals surface area contributed by atoms with Crippen molar-refractivity contribution in [2.75, 3.05) is 11.9 Å². The first kappa shape index (κ1) is 12.9. The number of carbonyl (C=O) groups excluding carboxylic acids is 2. The predicted molar refractivity (Wildman–Crippen MR) is 77.6 cm³/mol. The third kappa shape index (κ3) is 1.40. The molecule has 1 heterocycles. The lowest BCUT2D eigenvalue weighted by atomic mass is 9.50. The Morgan fingerprint density at radius 3 is 2.86 bits per heavy atom. The molecule has 3 aliphatic rings. The van der Waals surface area contributed by atoms with E-state index in [1.54, 1.807) is 4.90 Å². The molecule has 4 atom stereocenters. The summed E-state index contributed by atoms with van der Waals surface area (Å²) in [6, 6.07) is 7.85. The molecule has 1 aromatic carbocycles. The van der Waals surface area contributed by atoms with E-state index in [0.717, 1.165) is 30.5 Å². The summed E-state index contributed by atoms with van der Waals surface area (Å²) in [5.41, 5.74) is 1.17. The van der Waals surface area contributed by atoms with Crippen molar-refractivity contribution in [2.45, 2.75) is 31.8 Å². The van der Waals surface area contributed by atoms with Crippen molar-refractivity contribution in [1.29, 1.82) is 0 Å². The number of fused-ring (bicyclic) bond motifs is 6. The second-order valence-corrected chi connectivity index (χ2v) is 6.48. The Kier molecular flexibility index (Phi) is 2.51. The molecule has 1 aliphatic heterocycles. The van der Waals surface area contributed by atoms with Crippen LogP contribution in [-0.4, -0.2) is 18.9 Å². The third-order valence-corrected chi connectivity index (χ3v) is 5.61. The fourth-order valence-electron chi connectivity index (χ4n) is 4.94. The molecular weight excluding hydrogens is 266 g/mol. The van der Waals surface area contributed by atoms with Crippen LogP contribution in [0.2, 0.25) is 0 Å². The number of para-hydroxylation sites is 1. The molecule has 2 aliphatic carbocycles. The zero-order chi connectivity index (χ0) is 14.8. The largest absolute Gasteiger partial charge is 0.453 e. The van der Waals surface area contributed by atoms with Gasteiger partial charge in [0.05, 0.1) is 11.6 Å². The van der Waals surface area contributed by atoms with Gasteiger partial charge in [-0.05, 0) is 24.8 Å². The molecule has 1 amide bonds. The van der Waals surface area contributed by atoms with Crippen molar-refractivity contribution in [3.8, 4) is 0 Å². The SMILES string of the molecule is CC(=O)O[C@]12c3ccccc3N(C)C(=O)[C@H]1[C@H]1CCC[C@H]12. The Morgan fingerprint density at radius 1 is 1.33 bits per heavy atom. The van der Waals surface area contributed by atoms with Gasteiger partial charge in [0.1, 0.15) is 0 Å². The van der Waals surface area contributed by atoms with Crippen LogP contribution >= 0.6 is 0 Å². The first-order valence-electron chi connectivity index (χ1n) is 7.64. The van der Waals surface area contributed by atoms with Gasteiger partial charge in [0.2, 0.25) is 5.91 Å². The Balaban J connectivity index is 1.94. The Hall–Kier alpha value is -1.84. The van der Waals surface area contributed by atoms with E-state index in [1.807, 2.05) is 31.3 Å². The van der Waals surface area contributed by atoms with Crippen LogP contribution in [0, 0.1) is 17.8 Å². The average molecular weight is 285 g/mol. The van der Waals surface area contributed by atoms with E-state index in [4.69, 9.17) is 4.74 Å². The summed E-state index contributed by atoms with van der Waals surface area (Å²) in [5, 5.41) is 0. The van der Waals surface area contributed by atoms with Gasteiger partial charge < -0.3 is 9.64 Å². The molecule has 4 nitrogen and oxygen atoms in total. The van der Waals surface area contributed by atoms with Crippen molar-refractivity contribution >= 4 is 17.6 Å². The average Bonchev–Trinajstić information content (AvgIpc) is 2.88. The Morgan fingerprint density at radius 2 is 2.10 bits per heavy atom. The van der Waals surface area contributed by atoms with Crippen LogP contribution in [0.1, 0.15) is 31.7 Å². The van der Waals surface area contributed by atoms with E-state index in [2.05, 4.69) is 0 Å². The Labute approximate surface area is 124 Å². The molecule has 0 saturated heterocycles. The van der Waals surface area contributed by atoms with Crippen LogP contribution < -0.4 is 4.90 Å². The molecule has 21 heavy (non-hydrogen) atoms. The topological polar surface area (TPSA) is 46.6 Å². The summed E-state index contributed by atoms with van der Waals surface area (Å²) in [5.74, 6) is 0.266. The van der Waals surface area contributed by atoms with Crippen LogP contribution in [0.25, 0.3) is 0 Å². The molecular formula is C17H19NO3. The van der Waals surface area contributed by atoms with Gasteiger partial charge in [-0.2, -0.15) is 0 Å². The van der Waals surface area contributed by atoms with Gasteiger partial charge in [-0.3, -0.25) is 9.59 Å². The summed E-state index contributed by atoms with van der Waals surface area (Å²) < 4.78 is 5.85. The Bertz CT molecular complexity index is 641. The van der Waals surface area contributed by atoms with Crippen LogP contribution in [0.4, 0.5) is 5.69 Å². The number of hydrogen-bond acceptors (Lipinski definition) is 3. The zero-order valence-electron chi connectivity index (χ0n) is 12.3. The number of carbonyl (C=O) groups is 2. The monoisotopic (exact) mass is 285 g/mol. The first-order chi connectivity index (χ1) is 10.1. The number of esters is 1. The van der Waals surface area contributed by atoms with Crippen LogP contribution in [0.15, 0.2) is 24.3 Å². The van der Waals surface area contributed by atoms with Crippen molar-refractivity contribution in [3.63, 3.8) is 0 Å². The second kappa shape index (κ2) is 4.09. The number of benzene rings is 1. The molecule has 4 heteroatoms. The van der Waals surface area contributed by atoms with E-state index in [1.165, 1.54) is 6.92 Å². The maximum absolute atomic E-state index is 12.8. The summed E-state index contributed by atoms with van der Waals surface area (Å²) in [6.07, 6.45) is 3.23. The second-order valence-electron chi connectivity index (χ2n) is 6.48. The van der Waals surface area contributed by atoms with E-state index < -0.39 is 5.60 Å². The molecule has 0 unspecified atom stereocenters. The van der Waals surface area contributed by atoms with E-state index in [0.29, 0.717) is 11.8 Å². The van der Waals surface area contributed by atoms with Gasteiger partial charge in [-0.1, -0.05) is 24.6 Å². The van der Waals surface area contributed by atoms with Crippen LogP contribution in [0.5, 0.6) is 0 Å². The normalized spacial score (nSPS) is 36.4. The third-order valence-electron chi connectivity index (χ3n) is 5.61. The smallest absolute Gasteiger partial charge is 0.303 e. The van der Waals surface area contributed by atoms with E-state index in [9.17, 15) is 9.59 Å². The molecule has 2 fully saturated rings. The number of amides is 1. The predicted octanol–water partition coefficient (Wildman–Crippen LogP) is 2.47. The quantitative estimate of drug-likeness (QED) is 0.745. The maximum Gasteiger partial charge on any atom is 0.303 e. The van der Waals surface area contributed by atoms with Crippen LogP contribution in [0.3, 0.4) is 0 Å². The fourth-order valence-corrected chi connectivity index (χ4v) is 4.94. The number of ether oxygens (including phenoxy) is 1. The molecule has 0 spiro atoms. The molecule has 110 valence electrons. The molecule has 2 saturated carbocycles. The lowest BCUT2D eigenvalue weighted by Crippen LogP contribution is -2.67. The summed E-state index contributed by atoms with van der Waals surface area (Å²) >= 11 is 0. The molecule has 0 N–H and O–H groups in total. The number of nitrogens with zero attached hydrogens (tertiary/aromatic N) is 1. The molecule has 0 bridgehead atoms. The molecule has 4 rings (SSSR count). The highest BCUT2D eigenvalue weighted by Gasteiger charge is 2.71. The highest BCUT2D eigenvalue weighted by Crippen LogP contribution is 2.67. The summed E-state index contributed by atoms with van der Waals surface area (Å²) in [6.45, 7) is 1.44. The van der Waals surface area contributed by atoms with Gasteiger partial charge in [0, 0.05) is 25.5 Å². The number of hydrogen-bond donors (Lipinski definition) is 0. The highest BCUT2D eigenvalue weighted by molar-refractivity contribution is 6.00. The minimum Gasteiger partial charge on any atom is -0.453 e. The maximum atomic E-state index is 12.8. The molecule has 0 radical (unpaired) electrons. The van der Waals surface area contributed by atoms with Crippen molar-refractivity contribution in [2.24, 2.45) is 17.8 Å². The fraction of sp³-hybridized carbons (Fsp3) is 0.529. The van der Waals surface area contributed by atoms with E-state index >= 15 is 0 Å². The standard InChI is InChI=1S/C17H19NO3/c1-10(19)21-17-12-8-5-6-11(12)15(17)16(20)18(2)14-9-4-3-7-13(14)17/h3-4,7,9,11-12,15H,5-6,8H2,1-2H3/t11-,12+,15+,17+/m0/s1. The highest BCUT2D eigenvalue weighted by atomic mass is 16.6. The zero-order valence-corrected chi connectivity index (χ0v) is 12.3. The first-order valence-corrected chi connectivity index (χ1v) is 7.64. The van der Waals surface area contributed by atoms with Crippen molar-refractivity contribution in [3.05, 3.63) is 29.8 Å². The van der Waals surface area contributed by atoms with Crippen molar-refractivity contribution < 1.29 is 14.3 Å². The minimum absolute atomic E-state index is 0.0955. The lowest BCUT2D eigenvalue weighted by Gasteiger charge is -2.60. The summed E-state index contributed by atoms with van der Waals surface area (Å²) in [4.78, 5) is 26.3. The van der Waals surface area contributed by atoms with Gasteiger partial charge >= 0.3 is 5.97 Å². The molecule has 0 aromatic heterocycles. The van der Waals surface area contributed by atoms with Crippen LogP contribution in [-0.2, 0) is 19.9 Å². The van der Waals surface area contributed by atoms with Gasteiger partial charge in [0.15, 0.2) is 5.60 Å². The van der Waals surface area contributed by atoms with Crippen molar-refractivity contribution in [1.82, 2.24) is 0 Å². The van der Waals surface area contributed by atoms with Gasteiger partial charge in [0.25, 0.3) is 0 Å². The van der Waals surface area contributed by atoms with Gasteiger partial charge in [-0.25, -0.2) is 0 Å². The minimum atomic E-state index is -0.715. The van der Waals surface area contributed by atoms with Gasteiger partial charge in [-0.15, -0.1) is 0 Å².